The van der Waals surface area contributed by atoms with Crippen molar-refractivity contribution in [3.8, 4) is 12.1 Å². The molecule has 1 aromatic carbocycles. The highest BCUT2D eigenvalue weighted by atomic mass is 32.2. The van der Waals surface area contributed by atoms with Gasteiger partial charge in [-0.1, -0.05) is 25.6 Å². The number of anilines is 1. The molecule has 0 saturated heterocycles. The van der Waals surface area contributed by atoms with Gasteiger partial charge in [0.2, 0.25) is 17.7 Å². The summed E-state index contributed by atoms with van der Waals surface area (Å²) in [6.07, 6.45) is 0. The number of nitrogens with two attached hydrogens (primary N) is 1. The van der Waals surface area contributed by atoms with Crippen LogP contribution in [0.15, 0.2) is 34.9 Å². The minimum absolute atomic E-state index is 0.258. The monoisotopic (exact) mass is 397 g/mol. The number of carbonyl (C=O) groups is 3. The Hall–Kier alpha value is -3.30. The Labute approximate surface area is 166 Å². The normalized spacial score (nSPS) is 19.0. The zero-order valence-corrected chi connectivity index (χ0v) is 16.4. The van der Waals surface area contributed by atoms with E-state index in [1.54, 1.807) is 32.9 Å². The van der Waals surface area contributed by atoms with Crippen LogP contribution in [0.5, 0.6) is 0 Å². The summed E-state index contributed by atoms with van der Waals surface area (Å²) in [4.78, 5) is 35.8. The van der Waals surface area contributed by atoms with Crippen molar-refractivity contribution >= 4 is 35.2 Å². The first-order chi connectivity index (χ1) is 13.1. The van der Waals surface area contributed by atoms with Crippen LogP contribution in [0.2, 0.25) is 0 Å². The van der Waals surface area contributed by atoms with Crippen molar-refractivity contribution in [3.05, 3.63) is 40.4 Å². The molecular weight excluding hydrogens is 378 g/mol. The molecule has 8 nitrogen and oxygen atoms in total. The number of nitriles is 2. The Bertz CT molecular complexity index is 938. The van der Waals surface area contributed by atoms with Gasteiger partial charge in [0.15, 0.2) is 0 Å². The number of hydrogen-bond donors (Lipinski definition) is 3. The first-order valence-corrected chi connectivity index (χ1v) is 9.22. The molecule has 9 heteroatoms. The van der Waals surface area contributed by atoms with Crippen LogP contribution in [-0.2, 0) is 9.59 Å². The smallest absolute Gasteiger partial charge is 0.248 e. The number of benzene rings is 1. The number of nitrogens with one attached hydrogen (secondary N) is 2. The highest BCUT2D eigenvalue weighted by Gasteiger charge is 2.45. The second-order valence-corrected chi connectivity index (χ2v) is 8.13. The average molecular weight is 397 g/mol. The average Bonchev–Trinajstić information content (AvgIpc) is 2.61. The zero-order valence-electron chi connectivity index (χ0n) is 15.6. The van der Waals surface area contributed by atoms with Crippen molar-refractivity contribution in [1.82, 2.24) is 5.32 Å². The summed E-state index contributed by atoms with van der Waals surface area (Å²) in [5, 5.41) is 23.7. The number of amides is 3. The topological polar surface area (TPSA) is 149 Å². The van der Waals surface area contributed by atoms with Gasteiger partial charge in [-0.25, -0.2) is 0 Å². The lowest BCUT2D eigenvalue weighted by atomic mass is 9.72. The number of hydrogen-bond acceptors (Lipinski definition) is 6. The van der Waals surface area contributed by atoms with E-state index >= 15 is 0 Å². The quantitative estimate of drug-likeness (QED) is 0.690. The fourth-order valence-corrected chi connectivity index (χ4v) is 3.81. The van der Waals surface area contributed by atoms with Crippen LogP contribution in [0.4, 0.5) is 5.69 Å². The Morgan fingerprint density at radius 3 is 2.39 bits per heavy atom. The number of carbonyl (C=O) groups excluding carboxylic acids is 3. The van der Waals surface area contributed by atoms with Crippen molar-refractivity contribution in [2.45, 2.75) is 26.0 Å². The molecule has 1 aliphatic rings. The van der Waals surface area contributed by atoms with E-state index in [1.807, 2.05) is 6.07 Å². The SMILES string of the molecule is C[C@H](SC1=C(C#N)C(C)(C)[C@@H](C#N)C(=O)N1)C(=O)Nc1ccc(C(N)=O)cc1. The molecule has 0 spiro atoms. The van der Waals surface area contributed by atoms with Crippen LogP contribution < -0.4 is 16.4 Å². The standard InChI is InChI=1S/C19H19N5O3S/c1-10(16(26)23-12-6-4-11(5-7-12)15(22)25)28-18-14(9-21)19(2,3)13(8-20)17(27)24-18/h4-7,10,13H,1-3H3,(H2,22,25)(H,23,26)(H,24,27)/t10-,13-/m0/s1. The van der Waals surface area contributed by atoms with Crippen molar-refractivity contribution in [3.63, 3.8) is 0 Å². The Morgan fingerprint density at radius 2 is 1.89 bits per heavy atom. The molecule has 0 unspecified atom stereocenters. The lowest BCUT2D eigenvalue weighted by Crippen LogP contribution is -2.45. The van der Waals surface area contributed by atoms with E-state index in [0.29, 0.717) is 11.3 Å². The molecule has 0 aliphatic carbocycles. The molecular formula is C19H19N5O3S. The molecule has 0 bridgehead atoms. The molecule has 2 atom stereocenters. The van der Waals surface area contributed by atoms with Gasteiger partial charge in [0, 0.05) is 16.7 Å². The van der Waals surface area contributed by atoms with E-state index in [4.69, 9.17) is 5.73 Å². The second-order valence-electron chi connectivity index (χ2n) is 6.78. The summed E-state index contributed by atoms with van der Waals surface area (Å²) in [7, 11) is 0. The molecule has 1 aromatic rings. The van der Waals surface area contributed by atoms with E-state index in [9.17, 15) is 24.9 Å². The van der Waals surface area contributed by atoms with Crippen molar-refractivity contribution < 1.29 is 14.4 Å². The number of primary amides is 1. The number of rotatable bonds is 5. The molecule has 0 radical (unpaired) electrons. The molecule has 0 fully saturated rings. The Balaban J connectivity index is 2.17. The fourth-order valence-electron chi connectivity index (χ4n) is 2.71. The maximum atomic E-state index is 12.5. The summed E-state index contributed by atoms with van der Waals surface area (Å²) in [6, 6.07) is 10.1. The van der Waals surface area contributed by atoms with E-state index in [1.165, 1.54) is 12.1 Å². The van der Waals surface area contributed by atoms with E-state index < -0.39 is 28.4 Å². The first-order valence-electron chi connectivity index (χ1n) is 8.34. The second kappa shape index (κ2) is 8.15. The van der Waals surface area contributed by atoms with Crippen LogP contribution in [0, 0.1) is 34.0 Å². The maximum absolute atomic E-state index is 12.5. The lowest BCUT2D eigenvalue weighted by molar-refractivity contribution is -0.125. The highest BCUT2D eigenvalue weighted by molar-refractivity contribution is 8.04. The zero-order chi connectivity index (χ0) is 21.1. The van der Waals surface area contributed by atoms with Crippen LogP contribution in [0.1, 0.15) is 31.1 Å². The van der Waals surface area contributed by atoms with Crippen molar-refractivity contribution in [2.75, 3.05) is 5.32 Å². The lowest BCUT2D eigenvalue weighted by Gasteiger charge is -2.35. The summed E-state index contributed by atoms with van der Waals surface area (Å²) in [5.41, 5.74) is 5.28. The molecule has 3 amide bonds. The van der Waals surface area contributed by atoms with Gasteiger partial charge >= 0.3 is 0 Å². The third-order valence-electron chi connectivity index (χ3n) is 4.43. The Kier molecular flexibility index (Phi) is 6.12. The van der Waals surface area contributed by atoms with Crippen LogP contribution in [0.3, 0.4) is 0 Å². The van der Waals surface area contributed by atoms with Crippen LogP contribution >= 0.6 is 11.8 Å². The maximum Gasteiger partial charge on any atom is 0.248 e. The predicted octanol–water partition coefficient (Wildman–Crippen LogP) is 1.88. The van der Waals surface area contributed by atoms with E-state index in [2.05, 4.69) is 16.7 Å². The molecule has 28 heavy (non-hydrogen) atoms. The van der Waals surface area contributed by atoms with E-state index in [-0.39, 0.29) is 16.5 Å². The first kappa shape index (κ1) is 21.0. The molecule has 4 N–H and O–H groups in total. The summed E-state index contributed by atoms with van der Waals surface area (Å²) >= 11 is 1.04. The van der Waals surface area contributed by atoms with Gasteiger partial charge in [0.05, 0.1) is 28.0 Å². The predicted molar refractivity (Wildman–Crippen MR) is 104 cm³/mol. The third-order valence-corrected chi connectivity index (χ3v) is 5.54. The van der Waals surface area contributed by atoms with Crippen molar-refractivity contribution in [2.24, 2.45) is 17.1 Å². The van der Waals surface area contributed by atoms with E-state index in [0.717, 1.165) is 11.8 Å². The fraction of sp³-hybridized carbons (Fsp3) is 0.316. The molecule has 1 aliphatic heterocycles. The number of allylic oxidation sites excluding steroid dienone is 1. The number of nitrogens with zero attached hydrogens (tertiary/aromatic N) is 2. The van der Waals surface area contributed by atoms with Crippen LogP contribution in [-0.4, -0.2) is 23.0 Å². The van der Waals surface area contributed by atoms with Gasteiger partial charge in [-0.15, -0.1) is 0 Å². The van der Waals surface area contributed by atoms with Gasteiger partial charge in [-0.05, 0) is 31.2 Å². The minimum atomic E-state index is -0.987. The van der Waals surface area contributed by atoms with Gasteiger partial charge in [-0.3, -0.25) is 14.4 Å². The highest BCUT2D eigenvalue weighted by Crippen LogP contribution is 2.42. The third kappa shape index (κ3) is 4.16. The van der Waals surface area contributed by atoms with Gasteiger partial charge in [-0.2, -0.15) is 10.5 Å². The molecule has 0 aromatic heterocycles. The van der Waals surface area contributed by atoms with Crippen molar-refractivity contribution in [1.29, 1.82) is 10.5 Å². The molecule has 0 saturated carbocycles. The summed E-state index contributed by atoms with van der Waals surface area (Å²) in [6.45, 7) is 4.95. The number of thioether (sulfide) groups is 1. The van der Waals surface area contributed by atoms with Gasteiger partial charge in [0.1, 0.15) is 5.92 Å². The molecule has 1 heterocycles. The molecule has 144 valence electrons. The summed E-state index contributed by atoms with van der Waals surface area (Å²) in [5.74, 6) is -2.40. The Morgan fingerprint density at radius 1 is 1.29 bits per heavy atom. The summed E-state index contributed by atoms with van der Waals surface area (Å²) < 4.78 is 0. The van der Waals surface area contributed by atoms with Gasteiger partial charge in [0.25, 0.3) is 0 Å². The van der Waals surface area contributed by atoms with Crippen LogP contribution in [0.25, 0.3) is 0 Å². The minimum Gasteiger partial charge on any atom is -0.366 e. The largest absolute Gasteiger partial charge is 0.366 e. The molecule has 2 rings (SSSR count). The van der Waals surface area contributed by atoms with Gasteiger partial charge < -0.3 is 16.4 Å².